The predicted octanol–water partition coefficient (Wildman–Crippen LogP) is 1.74. The highest BCUT2D eigenvalue weighted by Gasteiger charge is 2.10. The molecule has 0 fully saturated rings. The van der Waals surface area contributed by atoms with E-state index in [2.05, 4.69) is 12.6 Å². The van der Waals surface area contributed by atoms with Crippen LogP contribution in [-0.4, -0.2) is 14.8 Å². The molecular weight excluding hydrogens is 162 g/mol. The Labute approximate surface area is 70.7 Å². The van der Waals surface area contributed by atoms with Gasteiger partial charge in [0.2, 0.25) is 0 Å². The Hall–Kier alpha value is -0.770. The minimum absolute atomic E-state index is 0.0457. The van der Waals surface area contributed by atoms with Gasteiger partial charge in [-0.3, -0.25) is 4.57 Å². The van der Waals surface area contributed by atoms with Crippen molar-refractivity contribution in [3.63, 3.8) is 0 Å². The number of aromatic nitrogens is 1. The molecule has 0 spiro atoms. The van der Waals surface area contributed by atoms with Gasteiger partial charge in [-0.15, -0.1) is 0 Å². The van der Waals surface area contributed by atoms with Crippen molar-refractivity contribution in [3.05, 3.63) is 12.1 Å². The number of thiol groups is 1. The summed E-state index contributed by atoms with van der Waals surface area (Å²) in [4.78, 5) is 0. The van der Waals surface area contributed by atoms with Crippen LogP contribution in [0.5, 0.6) is 11.8 Å². The highest BCUT2D eigenvalue weighted by molar-refractivity contribution is 7.80. The standard InChI is InChI=1S/C7H11NO2S/c1-2-7(11)8-5(9)3-4-6(8)10/h3-4,7,9-11H,2H2,1H3. The lowest BCUT2D eigenvalue weighted by molar-refractivity contribution is 0.364. The summed E-state index contributed by atoms with van der Waals surface area (Å²) < 4.78 is 1.36. The topological polar surface area (TPSA) is 45.4 Å². The van der Waals surface area contributed by atoms with Crippen molar-refractivity contribution < 1.29 is 10.2 Å². The molecule has 0 saturated carbocycles. The summed E-state index contributed by atoms with van der Waals surface area (Å²) in [6, 6.07) is 2.88. The summed E-state index contributed by atoms with van der Waals surface area (Å²) in [7, 11) is 0. The minimum atomic E-state index is -0.162. The first kappa shape index (κ1) is 8.33. The molecule has 3 nitrogen and oxygen atoms in total. The molecule has 11 heavy (non-hydrogen) atoms. The summed E-state index contributed by atoms with van der Waals surface area (Å²) >= 11 is 4.17. The smallest absolute Gasteiger partial charge is 0.194 e. The molecule has 0 radical (unpaired) electrons. The Morgan fingerprint density at radius 3 is 2.27 bits per heavy atom. The van der Waals surface area contributed by atoms with Gasteiger partial charge in [-0.2, -0.15) is 12.6 Å². The molecule has 0 aliphatic carbocycles. The largest absolute Gasteiger partial charge is 0.494 e. The van der Waals surface area contributed by atoms with E-state index < -0.39 is 0 Å². The highest BCUT2D eigenvalue weighted by atomic mass is 32.1. The lowest BCUT2D eigenvalue weighted by atomic mass is 10.5. The van der Waals surface area contributed by atoms with Crippen LogP contribution in [0.4, 0.5) is 0 Å². The van der Waals surface area contributed by atoms with Crippen LogP contribution in [0.3, 0.4) is 0 Å². The molecule has 0 bridgehead atoms. The fourth-order valence-electron chi connectivity index (χ4n) is 0.915. The zero-order chi connectivity index (χ0) is 8.43. The van der Waals surface area contributed by atoms with E-state index in [0.717, 1.165) is 6.42 Å². The van der Waals surface area contributed by atoms with Crippen LogP contribution in [0.2, 0.25) is 0 Å². The second kappa shape index (κ2) is 3.09. The molecule has 1 atom stereocenters. The van der Waals surface area contributed by atoms with Gasteiger partial charge in [-0.1, -0.05) is 6.92 Å². The molecule has 0 aliphatic heterocycles. The number of hydrogen-bond donors (Lipinski definition) is 3. The quantitative estimate of drug-likeness (QED) is 0.596. The van der Waals surface area contributed by atoms with Crippen molar-refractivity contribution in [2.75, 3.05) is 0 Å². The fraction of sp³-hybridized carbons (Fsp3) is 0.429. The van der Waals surface area contributed by atoms with Crippen molar-refractivity contribution in [2.24, 2.45) is 0 Å². The van der Waals surface area contributed by atoms with E-state index in [1.807, 2.05) is 6.92 Å². The van der Waals surface area contributed by atoms with Gasteiger partial charge in [0.25, 0.3) is 0 Å². The third-order valence-corrected chi connectivity index (χ3v) is 2.13. The first-order valence-corrected chi connectivity index (χ1v) is 3.95. The van der Waals surface area contributed by atoms with Crippen molar-refractivity contribution in [2.45, 2.75) is 18.7 Å². The van der Waals surface area contributed by atoms with Crippen LogP contribution in [0.15, 0.2) is 12.1 Å². The molecule has 0 saturated heterocycles. The normalized spacial score (nSPS) is 13.3. The lowest BCUT2D eigenvalue weighted by Crippen LogP contribution is -1.99. The Morgan fingerprint density at radius 1 is 1.45 bits per heavy atom. The first-order chi connectivity index (χ1) is 5.16. The molecule has 1 aromatic heterocycles. The summed E-state index contributed by atoms with van der Waals surface area (Å²) in [5.74, 6) is 0.0914. The molecule has 62 valence electrons. The van der Waals surface area contributed by atoms with Crippen LogP contribution in [0.1, 0.15) is 18.7 Å². The lowest BCUT2D eigenvalue weighted by Gasteiger charge is -2.12. The average Bonchev–Trinajstić information content (AvgIpc) is 2.30. The maximum atomic E-state index is 9.19. The van der Waals surface area contributed by atoms with Crippen molar-refractivity contribution >= 4 is 12.6 Å². The molecule has 0 aromatic carbocycles. The highest BCUT2D eigenvalue weighted by Crippen LogP contribution is 2.29. The van der Waals surface area contributed by atoms with Gasteiger partial charge in [0.15, 0.2) is 11.8 Å². The fourth-order valence-corrected chi connectivity index (χ4v) is 1.15. The van der Waals surface area contributed by atoms with Gasteiger partial charge in [0.1, 0.15) is 0 Å². The van der Waals surface area contributed by atoms with Gasteiger partial charge in [0.05, 0.1) is 5.37 Å². The van der Waals surface area contributed by atoms with E-state index in [-0.39, 0.29) is 17.1 Å². The van der Waals surface area contributed by atoms with Gasteiger partial charge in [-0.25, -0.2) is 0 Å². The molecule has 1 rings (SSSR count). The summed E-state index contributed by atoms with van der Waals surface area (Å²) in [6.07, 6.45) is 0.749. The maximum Gasteiger partial charge on any atom is 0.194 e. The number of rotatable bonds is 2. The first-order valence-electron chi connectivity index (χ1n) is 3.44. The second-order valence-corrected chi connectivity index (χ2v) is 2.90. The predicted molar refractivity (Wildman–Crippen MR) is 46.1 cm³/mol. The molecule has 0 amide bonds. The molecule has 2 N–H and O–H groups in total. The van der Waals surface area contributed by atoms with Crippen LogP contribution in [0, 0.1) is 0 Å². The van der Waals surface area contributed by atoms with Crippen molar-refractivity contribution in [1.82, 2.24) is 4.57 Å². The zero-order valence-corrected chi connectivity index (χ0v) is 7.12. The molecular formula is C7H11NO2S. The van der Waals surface area contributed by atoms with Gasteiger partial charge in [0, 0.05) is 12.1 Å². The number of aromatic hydroxyl groups is 2. The molecule has 0 aliphatic rings. The Bertz CT molecular complexity index is 227. The van der Waals surface area contributed by atoms with E-state index in [9.17, 15) is 10.2 Å². The van der Waals surface area contributed by atoms with Crippen molar-refractivity contribution in [3.8, 4) is 11.8 Å². The van der Waals surface area contributed by atoms with Crippen LogP contribution >= 0.6 is 12.6 Å². The van der Waals surface area contributed by atoms with E-state index in [1.165, 1.54) is 16.7 Å². The van der Waals surface area contributed by atoms with E-state index >= 15 is 0 Å². The van der Waals surface area contributed by atoms with E-state index in [1.54, 1.807) is 0 Å². The Morgan fingerprint density at radius 2 is 1.91 bits per heavy atom. The molecule has 1 unspecified atom stereocenters. The van der Waals surface area contributed by atoms with Crippen LogP contribution < -0.4 is 0 Å². The number of hydrogen-bond acceptors (Lipinski definition) is 3. The third-order valence-electron chi connectivity index (χ3n) is 1.54. The van der Waals surface area contributed by atoms with Crippen LogP contribution in [0.25, 0.3) is 0 Å². The van der Waals surface area contributed by atoms with E-state index in [0.29, 0.717) is 0 Å². The second-order valence-electron chi connectivity index (χ2n) is 2.31. The summed E-state index contributed by atoms with van der Waals surface area (Å²) in [5.41, 5.74) is 0. The van der Waals surface area contributed by atoms with Crippen LogP contribution in [-0.2, 0) is 0 Å². The van der Waals surface area contributed by atoms with Gasteiger partial charge < -0.3 is 10.2 Å². The third kappa shape index (κ3) is 1.45. The van der Waals surface area contributed by atoms with Gasteiger partial charge in [-0.05, 0) is 6.42 Å². The minimum Gasteiger partial charge on any atom is -0.494 e. The summed E-state index contributed by atoms with van der Waals surface area (Å²) in [6.45, 7) is 1.93. The maximum absolute atomic E-state index is 9.19. The van der Waals surface area contributed by atoms with E-state index in [4.69, 9.17) is 0 Å². The monoisotopic (exact) mass is 173 g/mol. The summed E-state index contributed by atoms with van der Waals surface area (Å²) in [5, 5.41) is 18.2. The number of nitrogens with zero attached hydrogens (tertiary/aromatic N) is 1. The molecule has 1 heterocycles. The SMILES string of the molecule is CCC(S)n1c(O)ccc1O. The molecule has 4 heteroatoms. The molecule has 1 aromatic rings. The Kier molecular flexibility index (Phi) is 2.34. The van der Waals surface area contributed by atoms with Crippen molar-refractivity contribution in [1.29, 1.82) is 0 Å². The average molecular weight is 173 g/mol. The Balaban J connectivity index is 3.00. The van der Waals surface area contributed by atoms with Gasteiger partial charge >= 0.3 is 0 Å². The zero-order valence-electron chi connectivity index (χ0n) is 6.23.